The largest absolute Gasteiger partial charge is 0.350 e. The third-order valence-electron chi connectivity index (χ3n) is 1.95. The zero-order valence-electron chi connectivity index (χ0n) is 7.45. The minimum absolute atomic E-state index is 0.207. The Morgan fingerprint density at radius 1 is 1.14 bits per heavy atom. The maximum absolute atomic E-state index is 13.0. The molecule has 0 amide bonds. The van der Waals surface area contributed by atoms with E-state index < -0.39 is 0 Å². The molecule has 0 saturated heterocycles. The van der Waals surface area contributed by atoms with E-state index in [2.05, 4.69) is 15.9 Å². The van der Waals surface area contributed by atoms with Gasteiger partial charge in [0.2, 0.25) is 0 Å². The third kappa shape index (κ3) is 2.23. The zero-order chi connectivity index (χ0) is 9.97. The second-order valence-electron chi connectivity index (χ2n) is 3.13. The van der Waals surface area contributed by atoms with E-state index in [-0.39, 0.29) is 5.82 Å². The lowest BCUT2D eigenvalue weighted by atomic mass is 10.2. The van der Waals surface area contributed by atoms with Gasteiger partial charge in [-0.05, 0) is 35.9 Å². The summed E-state index contributed by atoms with van der Waals surface area (Å²) in [7, 11) is 0. The Morgan fingerprint density at radius 2 is 1.86 bits per heavy atom. The minimum Gasteiger partial charge on any atom is -0.350 e. The molecule has 0 radical (unpaired) electrons. The summed E-state index contributed by atoms with van der Waals surface area (Å²) in [5, 5.41) is 0. The lowest BCUT2D eigenvalue weighted by Crippen LogP contribution is -1.96. The average Bonchev–Trinajstić information content (AvgIpc) is 2.54. The molecule has 0 spiro atoms. The Labute approximate surface area is 90.3 Å². The summed E-state index contributed by atoms with van der Waals surface area (Å²) < 4.78 is 15.8. The predicted octanol–water partition coefficient (Wildman–Crippen LogP) is 3.44. The fourth-order valence-electron chi connectivity index (χ4n) is 1.39. The maximum atomic E-state index is 13.0. The highest BCUT2D eigenvalue weighted by atomic mass is 79.9. The molecule has 0 atom stereocenters. The van der Waals surface area contributed by atoms with Crippen LogP contribution in [0, 0.1) is 5.82 Å². The van der Waals surface area contributed by atoms with Crippen molar-refractivity contribution in [3.05, 3.63) is 58.6 Å². The quantitative estimate of drug-likeness (QED) is 0.773. The molecule has 1 nitrogen and oxygen atoms in total. The first-order chi connectivity index (χ1) is 6.74. The van der Waals surface area contributed by atoms with Crippen molar-refractivity contribution in [3.63, 3.8) is 0 Å². The van der Waals surface area contributed by atoms with Crippen molar-refractivity contribution < 1.29 is 4.39 Å². The van der Waals surface area contributed by atoms with E-state index in [4.69, 9.17) is 0 Å². The molecule has 1 aromatic carbocycles. The summed E-state index contributed by atoms with van der Waals surface area (Å²) in [6.45, 7) is 0.698. The van der Waals surface area contributed by atoms with Crippen molar-refractivity contribution >= 4 is 15.9 Å². The van der Waals surface area contributed by atoms with E-state index >= 15 is 0 Å². The molecular weight excluding hydrogens is 245 g/mol. The van der Waals surface area contributed by atoms with E-state index in [9.17, 15) is 4.39 Å². The topological polar surface area (TPSA) is 4.93 Å². The number of hydrogen-bond donors (Lipinski definition) is 0. The van der Waals surface area contributed by atoms with Crippen molar-refractivity contribution in [3.8, 4) is 0 Å². The lowest BCUT2D eigenvalue weighted by molar-refractivity contribution is 0.622. The van der Waals surface area contributed by atoms with Crippen LogP contribution in [0.2, 0.25) is 0 Å². The van der Waals surface area contributed by atoms with E-state index in [0.717, 1.165) is 10.0 Å². The molecule has 2 rings (SSSR count). The second kappa shape index (κ2) is 3.96. The Morgan fingerprint density at radius 3 is 2.50 bits per heavy atom. The van der Waals surface area contributed by atoms with Crippen molar-refractivity contribution in [1.82, 2.24) is 4.57 Å². The summed E-state index contributed by atoms with van der Waals surface area (Å²) in [6, 6.07) is 8.83. The van der Waals surface area contributed by atoms with Crippen molar-refractivity contribution in [2.45, 2.75) is 6.54 Å². The first kappa shape index (κ1) is 9.46. The standard InChI is InChI=1S/C11H9BrFN/c12-10-5-9(6-11(13)7-10)8-14-3-1-2-4-14/h1-7H,8H2. The van der Waals surface area contributed by atoms with Gasteiger partial charge in [-0.2, -0.15) is 0 Å². The highest BCUT2D eigenvalue weighted by Crippen LogP contribution is 2.15. The van der Waals surface area contributed by atoms with Crippen LogP contribution < -0.4 is 0 Å². The first-order valence-corrected chi connectivity index (χ1v) is 5.09. The van der Waals surface area contributed by atoms with Crippen LogP contribution in [-0.4, -0.2) is 4.57 Å². The van der Waals surface area contributed by atoms with Gasteiger partial charge >= 0.3 is 0 Å². The molecule has 0 saturated carbocycles. The van der Waals surface area contributed by atoms with E-state index in [1.165, 1.54) is 6.07 Å². The summed E-state index contributed by atoms with van der Waals surface area (Å²) in [4.78, 5) is 0. The van der Waals surface area contributed by atoms with Gasteiger partial charge in [0, 0.05) is 23.4 Å². The van der Waals surface area contributed by atoms with Gasteiger partial charge in [0.05, 0.1) is 0 Å². The van der Waals surface area contributed by atoms with Crippen LogP contribution >= 0.6 is 15.9 Å². The molecule has 2 aromatic rings. The monoisotopic (exact) mass is 253 g/mol. The summed E-state index contributed by atoms with van der Waals surface area (Å²) >= 11 is 3.27. The average molecular weight is 254 g/mol. The van der Waals surface area contributed by atoms with E-state index in [0.29, 0.717) is 6.54 Å². The van der Waals surface area contributed by atoms with Crippen LogP contribution in [-0.2, 0) is 6.54 Å². The highest BCUT2D eigenvalue weighted by molar-refractivity contribution is 9.10. The number of aromatic nitrogens is 1. The molecular formula is C11H9BrFN. The Kier molecular flexibility index (Phi) is 2.68. The van der Waals surface area contributed by atoms with Gasteiger partial charge < -0.3 is 4.57 Å². The molecule has 1 aromatic heterocycles. The minimum atomic E-state index is -0.207. The molecule has 0 aliphatic heterocycles. The number of nitrogens with zero attached hydrogens (tertiary/aromatic N) is 1. The van der Waals surface area contributed by atoms with Crippen molar-refractivity contribution in [2.24, 2.45) is 0 Å². The fraction of sp³-hybridized carbons (Fsp3) is 0.0909. The highest BCUT2D eigenvalue weighted by Gasteiger charge is 1.99. The van der Waals surface area contributed by atoms with Crippen LogP contribution in [0.1, 0.15) is 5.56 Å². The first-order valence-electron chi connectivity index (χ1n) is 4.30. The molecule has 0 unspecified atom stereocenters. The maximum Gasteiger partial charge on any atom is 0.124 e. The molecule has 3 heteroatoms. The molecule has 0 aliphatic carbocycles. The number of benzene rings is 1. The van der Waals surface area contributed by atoms with Gasteiger partial charge in [-0.3, -0.25) is 0 Å². The van der Waals surface area contributed by atoms with Gasteiger partial charge in [0.25, 0.3) is 0 Å². The van der Waals surface area contributed by atoms with Gasteiger partial charge in [-0.25, -0.2) is 4.39 Å². The van der Waals surface area contributed by atoms with Crippen LogP contribution in [0.4, 0.5) is 4.39 Å². The molecule has 0 bridgehead atoms. The second-order valence-corrected chi connectivity index (χ2v) is 4.05. The Balaban J connectivity index is 2.25. The molecule has 0 aliphatic rings. The fourth-order valence-corrected chi connectivity index (χ4v) is 1.90. The number of halogens is 2. The van der Waals surface area contributed by atoms with Gasteiger partial charge in [-0.15, -0.1) is 0 Å². The van der Waals surface area contributed by atoms with Gasteiger partial charge in [0.15, 0.2) is 0 Å². The Bertz CT molecular complexity index is 403. The van der Waals surface area contributed by atoms with E-state index in [1.807, 2.05) is 35.2 Å². The SMILES string of the molecule is Fc1cc(Br)cc(Cn2cccc2)c1. The smallest absolute Gasteiger partial charge is 0.124 e. The van der Waals surface area contributed by atoms with Gasteiger partial charge in [0.1, 0.15) is 5.82 Å². The molecule has 1 heterocycles. The predicted molar refractivity (Wildman–Crippen MR) is 57.6 cm³/mol. The normalized spacial score (nSPS) is 10.4. The molecule has 0 fully saturated rings. The number of rotatable bonds is 2. The molecule has 0 N–H and O–H groups in total. The number of hydrogen-bond acceptors (Lipinski definition) is 0. The molecule has 72 valence electrons. The van der Waals surface area contributed by atoms with Crippen LogP contribution in [0.15, 0.2) is 47.2 Å². The Hall–Kier alpha value is -1.09. The van der Waals surface area contributed by atoms with Crippen LogP contribution in [0.3, 0.4) is 0 Å². The van der Waals surface area contributed by atoms with Crippen molar-refractivity contribution in [2.75, 3.05) is 0 Å². The zero-order valence-corrected chi connectivity index (χ0v) is 9.04. The van der Waals surface area contributed by atoms with Crippen LogP contribution in [0.25, 0.3) is 0 Å². The van der Waals surface area contributed by atoms with Gasteiger partial charge in [-0.1, -0.05) is 15.9 Å². The van der Waals surface area contributed by atoms with Crippen LogP contribution in [0.5, 0.6) is 0 Å². The van der Waals surface area contributed by atoms with Crippen molar-refractivity contribution in [1.29, 1.82) is 0 Å². The van der Waals surface area contributed by atoms with E-state index in [1.54, 1.807) is 6.07 Å². The molecule has 14 heavy (non-hydrogen) atoms. The summed E-state index contributed by atoms with van der Waals surface area (Å²) in [5.74, 6) is -0.207. The lowest BCUT2D eigenvalue weighted by Gasteiger charge is -2.04. The summed E-state index contributed by atoms with van der Waals surface area (Å²) in [6.07, 6.45) is 3.91. The third-order valence-corrected chi connectivity index (χ3v) is 2.41. The summed E-state index contributed by atoms with van der Waals surface area (Å²) in [5.41, 5.74) is 0.952.